The topological polar surface area (TPSA) is 95.3 Å². The number of carbonyl (C=O) groups is 2. The normalized spacial score (nSPS) is 15.5. The molecule has 3 heterocycles. The molecule has 12 heteroatoms. The molecule has 266 valence electrons. The molecule has 1 aliphatic rings. The van der Waals surface area contributed by atoms with Gasteiger partial charge >= 0.3 is 5.97 Å². The molecule has 0 saturated heterocycles. The van der Waals surface area contributed by atoms with E-state index in [0.29, 0.717) is 60.5 Å². The SMILES string of the molecule is CC(C)(C)OC(=O)Cc1ccc2c(c1)NC(=O)CCCCC(c1ccc(-c3c(F)ccc(Cl)c3F)cn1)c1nc-2cn1COCC[Si](C)(C)C. The summed E-state index contributed by atoms with van der Waals surface area (Å²) in [4.78, 5) is 35.6. The van der Waals surface area contributed by atoms with Gasteiger partial charge in [-0.25, -0.2) is 13.8 Å². The first kappa shape index (κ1) is 37.3. The number of fused-ring (bicyclic) bond motifs is 4. The number of ether oxygens (including phenoxy) is 2. The first-order valence-electron chi connectivity index (χ1n) is 17.0. The standard InChI is InChI=1S/C38H45ClF2N4O4Si/c1-38(2,3)49-34(47)20-24-11-13-26-31(19-24)43-33(46)10-8-7-9-27(37-44-32(26)22-45(37)23-48-17-18-50(4,5)6)30-16-12-25(21-42-30)35-29(40)15-14-28(39)36(35)41/h11-16,19,21-22,27H,7-10,17-18,20,23H2,1-6H3,(H,43,46). The van der Waals surface area contributed by atoms with Crippen LogP contribution in [-0.4, -0.2) is 46.7 Å². The minimum atomic E-state index is -1.33. The van der Waals surface area contributed by atoms with Gasteiger partial charge < -0.3 is 19.4 Å². The van der Waals surface area contributed by atoms with Crippen molar-refractivity contribution in [1.82, 2.24) is 14.5 Å². The summed E-state index contributed by atoms with van der Waals surface area (Å²) < 4.78 is 43.3. The summed E-state index contributed by atoms with van der Waals surface area (Å²) in [5, 5.41) is 2.88. The molecular weight excluding hydrogens is 678 g/mol. The smallest absolute Gasteiger partial charge is 0.310 e. The van der Waals surface area contributed by atoms with Crippen LogP contribution in [0.2, 0.25) is 30.7 Å². The van der Waals surface area contributed by atoms with Crippen molar-refractivity contribution < 1.29 is 27.8 Å². The van der Waals surface area contributed by atoms with Gasteiger partial charge in [0, 0.05) is 44.6 Å². The Balaban J connectivity index is 1.55. The molecule has 0 saturated carbocycles. The number of benzene rings is 2. The first-order valence-corrected chi connectivity index (χ1v) is 21.1. The fourth-order valence-corrected chi connectivity index (χ4v) is 6.78. The summed E-state index contributed by atoms with van der Waals surface area (Å²) in [7, 11) is -1.33. The highest BCUT2D eigenvalue weighted by atomic mass is 35.5. The van der Waals surface area contributed by atoms with E-state index in [9.17, 15) is 18.4 Å². The van der Waals surface area contributed by atoms with Gasteiger partial charge in [0.2, 0.25) is 5.91 Å². The lowest BCUT2D eigenvalue weighted by Gasteiger charge is -2.20. The van der Waals surface area contributed by atoms with Gasteiger partial charge in [0.05, 0.1) is 40.0 Å². The lowest BCUT2D eigenvalue weighted by molar-refractivity contribution is -0.153. The fourth-order valence-electron chi connectivity index (χ4n) is 5.86. The van der Waals surface area contributed by atoms with Gasteiger partial charge in [0.1, 0.15) is 24.0 Å². The van der Waals surface area contributed by atoms with Gasteiger partial charge in [-0.3, -0.25) is 14.6 Å². The van der Waals surface area contributed by atoms with Crippen LogP contribution in [0.5, 0.6) is 0 Å². The van der Waals surface area contributed by atoms with E-state index < -0.39 is 25.3 Å². The fraction of sp³-hybridized carbons (Fsp3) is 0.421. The molecule has 0 aliphatic carbocycles. The summed E-state index contributed by atoms with van der Waals surface area (Å²) in [6.45, 7) is 13.2. The predicted octanol–water partition coefficient (Wildman–Crippen LogP) is 9.38. The number of pyridine rings is 1. The van der Waals surface area contributed by atoms with E-state index in [4.69, 9.17) is 31.0 Å². The highest BCUT2D eigenvalue weighted by Crippen LogP contribution is 2.36. The van der Waals surface area contributed by atoms with Crippen LogP contribution in [-0.2, 0) is 32.2 Å². The third kappa shape index (κ3) is 9.64. The molecule has 1 amide bonds. The maximum absolute atomic E-state index is 14.9. The second kappa shape index (κ2) is 15.5. The Morgan fingerprint density at radius 1 is 1.10 bits per heavy atom. The molecule has 50 heavy (non-hydrogen) atoms. The van der Waals surface area contributed by atoms with Crippen molar-refractivity contribution >= 4 is 37.2 Å². The highest BCUT2D eigenvalue weighted by molar-refractivity contribution is 6.76. The Morgan fingerprint density at radius 2 is 1.88 bits per heavy atom. The van der Waals surface area contributed by atoms with Crippen LogP contribution >= 0.6 is 11.6 Å². The van der Waals surface area contributed by atoms with Gasteiger partial charge in [0.15, 0.2) is 5.82 Å². The van der Waals surface area contributed by atoms with Crippen molar-refractivity contribution in [3.05, 3.63) is 88.6 Å². The Hall–Kier alpha value is -3.93. The van der Waals surface area contributed by atoms with Crippen molar-refractivity contribution in [2.24, 2.45) is 0 Å². The van der Waals surface area contributed by atoms with Gasteiger partial charge in [-0.1, -0.05) is 55.9 Å². The van der Waals surface area contributed by atoms with Gasteiger partial charge in [-0.15, -0.1) is 0 Å². The molecular formula is C38H45ClF2N4O4Si. The van der Waals surface area contributed by atoms with E-state index in [1.807, 2.05) is 43.7 Å². The summed E-state index contributed by atoms with van der Waals surface area (Å²) in [6, 6.07) is 12.2. The number of esters is 1. The number of hydrogen-bond acceptors (Lipinski definition) is 6. The molecule has 0 radical (unpaired) electrons. The highest BCUT2D eigenvalue weighted by Gasteiger charge is 2.26. The number of anilines is 1. The van der Waals surface area contributed by atoms with Crippen LogP contribution < -0.4 is 5.32 Å². The zero-order valence-electron chi connectivity index (χ0n) is 29.5. The van der Waals surface area contributed by atoms with E-state index in [0.717, 1.165) is 17.9 Å². The quantitative estimate of drug-likeness (QED) is 0.0801. The number of nitrogens with zero attached hydrogens (tertiary/aromatic N) is 3. The Morgan fingerprint density at radius 3 is 2.58 bits per heavy atom. The minimum absolute atomic E-state index is 0.0533. The first-order chi connectivity index (χ1) is 23.6. The molecule has 1 N–H and O–H groups in total. The largest absolute Gasteiger partial charge is 0.460 e. The van der Waals surface area contributed by atoms with Crippen LogP contribution in [0.4, 0.5) is 14.5 Å². The molecule has 1 unspecified atom stereocenters. The number of amides is 1. The van der Waals surface area contributed by atoms with Crippen LogP contribution in [0, 0.1) is 11.6 Å². The van der Waals surface area contributed by atoms with Gasteiger partial charge in [0.25, 0.3) is 0 Å². The van der Waals surface area contributed by atoms with Crippen LogP contribution in [0.15, 0.2) is 54.9 Å². The van der Waals surface area contributed by atoms with Crippen molar-refractivity contribution in [3.8, 4) is 22.4 Å². The molecule has 8 nitrogen and oxygen atoms in total. The van der Waals surface area contributed by atoms with Crippen molar-refractivity contribution in [2.45, 2.75) is 96.8 Å². The third-order valence-electron chi connectivity index (χ3n) is 8.37. The number of halogens is 3. The molecule has 5 rings (SSSR count). The van der Waals surface area contributed by atoms with Crippen molar-refractivity contribution in [1.29, 1.82) is 0 Å². The summed E-state index contributed by atoms with van der Waals surface area (Å²) in [5.74, 6) is -1.64. The maximum Gasteiger partial charge on any atom is 0.310 e. The van der Waals surface area contributed by atoms with Crippen LogP contribution in [0.1, 0.15) is 69.5 Å². The van der Waals surface area contributed by atoms with Crippen LogP contribution in [0.3, 0.4) is 0 Å². The van der Waals surface area contributed by atoms with Crippen LogP contribution in [0.25, 0.3) is 22.4 Å². The second-order valence-corrected chi connectivity index (χ2v) is 21.0. The monoisotopic (exact) mass is 722 g/mol. The minimum Gasteiger partial charge on any atom is -0.460 e. The molecule has 4 aromatic rings. The Kier molecular flexibility index (Phi) is 11.6. The van der Waals surface area contributed by atoms with Crippen molar-refractivity contribution in [2.75, 3.05) is 11.9 Å². The van der Waals surface area contributed by atoms with E-state index in [-0.39, 0.29) is 47.1 Å². The predicted molar refractivity (Wildman–Crippen MR) is 195 cm³/mol. The average Bonchev–Trinajstić information content (AvgIpc) is 3.43. The lowest BCUT2D eigenvalue weighted by Crippen LogP contribution is -2.25. The maximum atomic E-state index is 14.9. The molecule has 2 aromatic heterocycles. The third-order valence-corrected chi connectivity index (χ3v) is 10.4. The van der Waals surface area contributed by atoms with Gasteiger partial charge in [-0.2, -0.15) is 0 Å². The lowest BCUT2D eigenvalue weighted by atomic mass is 9.95. The molecule has 0 spiro atoms. The number of imidazole rings is 1. The summed E-state index contributed by atoms with van der Waals surface area (Å²) >= 11 is 5.96. The van der Waals surface area contributed by atoms with E-state index in [1.165, 1.54) is 12.3 Å². The molecule has 1 aliphatic heterocycles. The Bertz CT molecular complexity index is 1850. The van der Waals surface area contributed by atoms with Gasteiger partial charge in [-0.05, 0) is 69.5 Å². The zero-order valence-corrected chi connectivity index (χ0v) is 31.3. The summed E-state index contributed by atoms with van der Waals surface area (Å²) in [6.07, 6.45) is 5.67. The Labute approximate surface area is 298 Å². The number of aromatic nitrogens is 3. The number of rotatable bonds is 9. The zero-order chi connectivity index (χ0) is 36.2. The van der Waals surface area contributed by atoms with E-state index in [2.05, 4.69) is 25.0 Å². The van der Waals surface area contributed by atoms with E-state index >= 15 is 0 Å². The van der Waals surface area contributed by atoms with E-state index in [1.54, 1.807) is 18.2 Å². The number of carbonyl (C=O) groups excluding carboxylic acids is 2. The van der Waals surface area contributed by atoms with Crippen molar-refractivity contribution in [3.63, 3.8) is 0 Å². The second-order valence-electron chi connectivity index (χ2n) is 15.0. The molecule has 2 aromatic carbocycles. The molecule has 0 fully saturated rings. The summed E-state index contributed by atoms with van der Waals surface area (Å²) in [5.41, 5.74) is 2.67. The number of nitrogens with one attached hydrogen (secondary N) is 1. The molecule has 1 atom stereocenters. The number of hydrogen-bond donors (Lipinski definition) is 1. The molecule has 2 bridgehead atoms. The average molecular weight is 723 g/mol.